The topological polar surface area (TPSA) is 29.9 Å². The molecule has 0 aromatic carbocycles. The molecule has 0 spiro atoms. The minimum absolute atomic E-state index is 0.496. The number of nitrogens with zero attached hydrogens (tertiary/aromatic N) is 2. The molecule has 110 valence electrons. The van der Waals surface area contributed by atoms with Gasteiger partial charge in [-0.3, -0.25) is 4.68 Å². The Morgan fingerprint density at radius 1 is 1.26 bits per heavy atom. The van der Waals surface area contributed by atoms with Gasteiger partial charge in [0.1, 0.15) is 0 Å². The lowest BCUT2D eigenvalue weighted by Crippen LogP contribution is -2.28. The molecule has 0 aliphatic heterocycles. The predicted octanol–water partition coefficient (Wildman–Crippen LogP) is 3.97. The zero-order chi connectivity index (χ0) is 14.3. The van der Waals surface area contributed by atoms with Crippen molar-refractivity contribution in [1.29, 1.82) is 0 Å². The highest BCUT2D eigenvalue weighted by atomic mass is 35.5. The van der Waals surface area contributed by atoms with Crippen molar-refractivity contribution in [2.24, 2.45) is 0 Å². The van der Waals surface area contributed by atoms with Crippen molar-refractivity contribution in [3.63, 3.8) is 0 Å². The van der Waals surface area contributed by atoms with E-state index in [1.165, 1.54) is 37.8 Å². The molecule has 4 heteroatoms. The molecule has 0 aliphatic carbocycles. The SMILES string of the molecule is CCCCCCC(Cc1c(Cl)c(C)nn1CC)NC. The third kappa shape index (κ3) is 4.81. The van der Waals surface area contributed by atoms with E-state index in [4.69, 9.17) is 11.6 Å². The summed E-state index contributed by atoms with van der Waals surface area (Å²) in [5, 5.41) is 8.74. The molecule has 1 heterocycles. The van der Waals surface area contributed by atoms with E-state index in [9.17, 15) is 0 Å². The van der Waals surface area contributed by atoms with Crippen LogP contribution in [-0.4, -0.2) is 22.9 Å². The second-order valence-electron chi connectivity index (χ2n) is 5.20. The fourth-order valence-corrected chi connectivity index (χ4v) is 2.68. The minimum atomic E-state index is 0.496. The van der Waals surface area contributed by atoms with Crippen molar-refractivity contribution in [3.8, 4) is 0 Å². The smallest absolute Gasteiger partial charge is 0.0847 e. The van der Waals surface area contributed by atoms with Gasteiger partial charge in [0.2, 0.25) is 0 Å². The van der Waals surface area contributed by atoms with Gasteiger partial charge in [-0.05, 0) is 27.3 Å². The van der Waals surface area contributed by atoms with Gasteiger partial charge in [0.25, 0.3) is 0 Å². The number of hydrogen-bond donors (Lipinski definition) is 1. The Bertz CT molecular complexity index is 374. The largest absolute Gasteiger partial charge is 0.317 e. The maximum atomic E-state index is 6.37. The number of rotatable bonds is 9. The van der Waals surface area contributed by atoms with Gasteiger partial charge in [-0.25, -0.2) is 0 Å². The Labute approximate surface area is 122 Å². The lowest BCUT2D eigenvalue weighted by Gasteiger charge is -2.17. The van der Waals surface area contributed by atoms with E-state index >= 15 is 0 Å². The Balaban J connectivity index is 2.59. The summed E-state index contributed by atoms with van der Waals surface area (Å²) in [6, 6.07) is 0.496. The highest BCUT2D eigenvalue weighted by Gasteiger charge is 2.16. The molecule has 1 unspecified atom stereocenters. The van der Waals surface area contributed by atoms with Crippen LogP contribution in [0.5, 0.6) is 0 Å². The van der Waals surface area contributed by atoms with Gasteiger partial charge in [-0.1, -0.05) is 44.2 Å². The Morgan fingerprint density at radius 3 is 2.58 bits per heavy atom. The monoisotopic (exact) mass is 285 g/mol. The standard InChI is InChI=1S/C15H28ClN3/c1-5-7-8-9-10-13(17-4)11-14-15(16)12(3)18-19(14)6-2/h13,17H,5-11H2,1-4H3. The normalized spacial score (nSPS) is 12.9. The van der Waals surface area contributed by atoms with Crippen LogP contribution in [0.2, 0.25) is 5.02 Å². The fourth-order valence-electron chi connectivity index (χ4n) is 2.46. The van der Waals surface area contributed by atoms with Crippen LogP contribution >= 0.6 is 11.6 Å². The van der Waals surface area contributed by atoms with E-state index in [2.05, 4.69) is 24.3 Å². The van der Waals surface area contributed by atoms with Crippen LogP contribution in [0.25, 0.3) is 0 Å². The summed E-state index contributed by atoms with van der Waals surface area (Å²) in [4.78, 5) is 0. The van der Waals surface area contributed by atoms with E-state index in [1.54, 1.807) is 0 Å². The van der Waals surface area contributed by atoms with E-state index in [-0.39, 0.29) is 0 Å². The Kier molecular flexibility index (Phi) is 7.47. The van der Waals surface area contributed by atoms with Gasteiger partial charge in [-0.2, -0.15) is 5.10 Å². The zero-order valence-corrected chi connectivity index (χ0v) is 13.6. The van der Waals surface area contributed by atoms with Gasteiger partial charge in [0.15, 0.2) is 0 Å². The van der Waals surface area contributed by atoms with Crippen LogP contribution in [0.3, 0.4) is 0 Å². The molecular formula is C15H28ClN3. The average molecular weight is 286 g/mol. The number of nitrogens with one attached hydrogen (secondary N) is 1. The third-order valence-corrected chi connectivity index (χ3v) is 4.20. The first kappa shape index (κ1) is 16.5. The molecule has 1 rings (SSSR count). The number of hydrogen-bond acceptors (Lipinski definition) is 2. The van der Waals surface area contributed by atoms with E-state index in [1.807, 2.05) is 18.7 Å². The van der Waals surface area contributed by atoms with Crippen molar-refractivity contribution in [2.45, 2.75) is 71.9 Å². The molecule has 0 radical (unpaired) electrons. The Hall–Kier alpha value is -0.540. The molecule has 0 saturated heterocycles. The Morgan fingerprint density at radius 2 is 2.00 bits per heavy atom. The number of halogens is 1. The molecule has 1 aromatic rings. The van der Waals surface area contributed by atoms with Crippen LogP contribution in [-0.2, 0) is 13.0 Å². The van der Waals surface area contributed by atoms with Crippen LogP contribution < -0.4 is 5.32 Å². The van der Waals surface area contributed by atoms with Crippen molar-refractivity contribution >= 4 is 11.6 Å². The van der Waals surface area contributed by atoms with Crippen molar-refractivity contribution in [3.05, 3.63) is 16.4 Å². The van der Waals surface area contributed by atoms with Crippen LogP contribution in [0.4, 0.5) is 0 Å². The molecule has 19 heavy (non-hydrogen) atoms. The molecule has 0 saturated carbocycles. The lowest BCUT2D eigenvalue weighted by atomic mass is 10.0. The third-order valence-electron chi connectivity index (χ3n) is 3.71. The number of aromatic nitrogens is 2. The first-order valence-electron chi connectivity index (χ1n) is 7.53. The maximum absolute atomic E-state index is 6.37. The second-order valence-corrected chi connectivity index (χ2v) is 5.58. The van der Waals surface area contributed by atoms with E-state index < -0.39 is 0 Å². The summed E-state index contributed by atoms with van der Waals surface area (Å²) in [6.45, 7) is 7.22. The summed E-state index contributed by atoms with van der Waals surface area (Å²) < 4.78 is 2.04. The zero-order valence-electron chi connectivity index (χ0n) is 12.8. The molecule has 0 aliphatic rings. The van der Waals surface area contributed by atoms with Gasteiger partial charge in [0, 0.05) is 19.0 Å². The molecule has 0 amide bonds. The first-order valence-corrected chi connectivity index (χ1v) is 7.90. The van der Waals surface area contributed by atoms with Crippen molar-refractivity contribution in [1.82, 2.24) is 15.1 Å². The molecule has 1 atom stereocenters. The summed E-state index contributed by atoms with van der Waals surface area (Å²) in [5.74, 6) is 0. The predicted molar refractivity (Wildman–Crippen MR) is 83.0 cm³/mol. The minimum Gasteiger partial charge on any atom is -0.317 e. The fraction of sp³-hybridized carbons (Fsp3) is 0.800. The summed E-state index contributed by atoms with van der Waals surface area (Å²) in [5.41, 5.74) is 2.12. The van der Waals surface area contributed by atoms with Gasteiger partial charge in [-0.15, -0.1) is 0 Å². The van der Waals surface area contributed by atoms with Crippen molar-refractivity contribution < 1.29 is 0 Å². The van der Waals surface area contributed by atoms with Gasteiger partial charge < -0.3 is 5.32 Å². The lowest BCUT2D eigenvalue weighted by molar-refractivity contribution is 0.468. The molecule has 0 fully saturated rings. The average Bonchev–Trinajstić information content (AvgIpc) is 2.69. The van der Waals surface area contributed by atoms with Gasteiger partial charge in [0.05, 0.1) is 16.4 Å². The summed E-state index contributed by atoms with van der Waals surface area (Å²) in [7, 11) is 2.04. The quantitative estimate of drug-likeness (QED) is 0.696. The van der Waals surface area contributed by atoms with Gasteiger partial charge >= 0.3 is 0 Å². The second kappa shape index (κ2) is 8.60. The molecule has 3 nitrogen and oxygen atoms in total. The molecular weight excluding hydrogens is 258 g/mol. The van der Waals surface area contributed by atoms with Crippen LogP contribution in [0.15, 0.2) is 0 Å². The highest BCUT2D eigenvalue weighted by Crippen LogP contribution is 2.22. The molecule has 1 N–H and O–H groups in total. The maximum Gasteiger partial charge on any atom is 0.0847 e. The number of unbranched alkanes of at least 4 members (excludes halogenated alkanes) is 3. The van der Waals surface area contributed by atoms with Crippen LogP contribution in [0, 0.1) is 6.92 Å². The number of aryl methyl sites for hydroxylation is 2. The summed E-state index contributed by atoms with van der Waals surface area (Å²) >= 11 is 6.37. The molecule has 0 bridgehead atoms. The van der Waals surface area contributed by atoms with Crippen molar-refractivity contribution in [2.75, 3.05) is 7.05 Å². The summed E-state index contributed by atoms with van der Waals surface area (Å²) in [6.07, 6.45) is 7.42. The highest BCUT2D eigenvalue weighted by molar-refractivity contribution is 6.31. The number of likely N-dealkylation sites (N-methyl/N-ethyl adjacent to an activating group) is 1. The molecule has 1 aromatic heterocycles. The van der Waals surface area contributed by atoms with E-state index in [0.29, 0.717) is 6.04 Å². The van der Waals surface area contributed by atoms with E-state index in [0.717, 1.165) is 23.7 Å². The van der Waals surface area contributed by atoms with Crippen LogP contribution in [0.1, 0.15) is 57.3 Å². The first-order chi connectivity index (χ1) is 9.13.